The lowest BCUT2D eigenvalue weighted by Crippen LogP contribution is -2.41. The first-order valence-electron chi connectivity index (χ1n) is 7.43. The molecule has 0 saturated heterocycles. The first-order valence-corrected chi connectivity index (χ1v) is 7.80. The average Bonchev–Trinajstić information content (AvgIpc) is 2.97. The third-order valence-electron chi connectivity index (χ3n) is 3.33. The van der Waals surface area contributed by atoms with E-state index in [1.807, 2.05) is 20.8 Å². The fraction of sp³-hybridized carbons (Fsp3) is 0.267. The van der Waals surface area contributed by atoms with Crippen molar-refractivity contribution in [1.82, 2.24) is 24.5 Å². The van der Waals surface area contributed by atoms with Crippen LogP contribution in [0, 0.1) is 0 Å². The molecule has 3 rings (SSSR count). The molecule has 2 heterocycles. The predicted octanol–water partition coefficient (Wildman–Crippen LogP) is 2.01. The van der Waals surface area contributed by atoms with E-state index in [0.29, 0.717) is 10.7 Å². The SMILES string of the molecule is CC(C)(C)c1nn2cnnc2n(NC(=O)Nc2cccc(Cl)c2)c1=O. The Kier molecular flexibility index (Phi) is 4.17. The van der Waals surface area contributed by atoms with E-state index in [-0.39, 0.29) is 11.5 Å². The van der Waals surface area contributed by atoms with E-state index in [1.54, 1.807) is 24.3 Å². The van der Waals surface area contributed by atoms with Gasteiger partial charge in [-0.05, 0) is 18.2 Å². The van der Waals surface area contributed by atoms with Crippen molar-refractivity contribution in [2.24, 2.45) is 0 Å². The molecule has 0 bridgehead atoms. The number of nitrogens with one attached hydrogen (secondary N) is 2. The molecule has 10 heteroatoms. The summed E-state index contributed by atoms with van der Waals surface area (Å²) < 4.78 is 2.35. The van der Waals surface area contributed by atoms with Crippen LogP contribution in [-0.2, 0) is 5.41 Å². The number of urea groups is 1. The maximum atomic E-state index is 12.7. The van der Waals surface area contributed by atoms with Crippen LogP contribution < -0.4 is 16.3 Å². The number of nitrogens with zero attached hydrogens (tertiary/aromatic N) is 5. The molecule has 0 aliphatic rings. The molecule has 25 heavy (non-hydrogen) atoms. The van der Waals surface area contributed by atoms with Crippen LogP contribution in [0.5, 0.6) is 0 Å². The molecule has 2 N–H and O–H groups in total. The lowest BCUT2D eigenvalue weighted by atomic mass is 9.93. The molecule has 0 radical (unpaired) electrons. The third kappa shape index (κ3) is 3.45. The monoisotopic (exact) mass is 361 g/mol. The zero-order chi connectivity index (χ0) is 18.2. The molecule has 3 aromatic rings. The Hall–Kier alpha value is -2.94. The molecule has 130 valence electrons. The summed E-state index contributed by atoms with van der Waals surface area (Å²) in [6.45, 7) is 5.55. The quantitative estimate of drug-likeness (QED) is 0.726. The first kappa shape index (κ1) is 16.9. The first-order chi connectivity index (χ1) is 11.8. The standard InChI is InChI=1S/C15H16ClN7O2/c1-15(2,3)11-12(24)23(14-19-17-8-22(14)20-11)21-13(25)18-10-6-4-5-9(16)7-10/h4-8H,1-3H3,(H2,18,21,25). The van der Waals surface area contributed by atoms with Gasteiger partial charge in [-0.3, -0.25) is 4.79 Å². The van der Waals surface area contributed by atoms with Crippen molar-refractivity contribution in [1.29, 1.82) is 0 Å². The van der Waals surface area contributed by atoms with Gasteiger partial charge in [0.2, 0.25) is 0 Å². The van der Waals surface area contributed by atoms with Gasteiger partial charge in [-0.1, -0.05) is 38.4 Å². The predicted molar refractivity (Wildman–Crippen MR) is 93.6 cm³/mol. The van der Waals surface area contributed by atoms with Crippen molar-refractivity contribution in [2.75, 3.05) is 10.7 Å². The minimum Gasteiger partial charge on any atom is -0.307 e. The van der Waals surface area contributed by atoms with E-state index >= 15 is 0 Å². The van der Waals surface area contributed by atoms with Crippen LogP contribution in [0.4, 0.5) is 10.5 Å². The van der Waals surface area contributed by atoms with Crippen LogP contribution in [0.25, 0.3) is 5.78 Å². The molecule has 0 aliphatic heterocycles. The Labute approximate surface area is 147 Å². The second-order valence-electron chi connectivity index (χ2n) is 6.39. The van der Waals surface area contributed by atoms with Gasteiger partial charge >= 0.3 is 6.03 Å². The number of carbonyl (C=O) groups excluding carboxylic acids is 1. The van der Waals surface area contributed by atoms with E-state index in [0.717, 1.165) is 4.68 Å². The fourth-order valence-electron chi connectivity index (χ4n) is 2.19. The van der Waals surface area contributed by atoms with Crippen LogP contribution in [0.3, 0.4) is 0 Å². The van der Waals surface area contributed by atoms with E-state index in [4.69, 9.17) is 11.6 Å². The van der Waals surface area contributed by atoms with E-state index in [9.17, 15) is 9.59 Å². The summed E-state index contributed by atoms with van der Waals surface area (Å²) in [5, 5.41) is 14.9. The van der Waals surface area contributed by atoms with Gasteiger partial charge in [-0.25, -0.2) is 10.2 Å². The minimum atomic E-state index is -0.625. The molecule has 0 fully saturated rings. The maximum absolute atomic E-state index is 12.7. The number of halogens is 1. The third-order valence-corrected chi connectivity index (χ3v) is 3.57. The smallest absolute Gasteiger partial charge is 0.307 e. The zero-order valence-corrected chi connectivity index (χ0v) is 14.6. The number of aromatic nitrogens is 5. The van der Waals surface area contributed by atoms with Crippen LogP contribution in [0.15, 0.2) is 35.4 Å². The molecular formula is C15H16ClN7O2. The number of rotatable bonds is 2. The number of benzene rings is 1. The summed E-state index contributed by atoms with van der Waals surface area (Å²) in [6.07, 6.45) is 1.36. The number of hydrogen-bond donors (Lipinski definition) is 2. The normalized spacial score (nSPS) is 11.5. The summed E-state index contributed by atoms with van der Waals surface area (Å²) in [6, 6.07) is 6.02. The lowest BCUT2D eigenvalue weighted by molar-refractivity contribution is 0.259. The highest BCUT2D eigenvalue weighted by Gasteiger charge is 2.24. The summed E-state index contributed by atoms with van der Waals surface area (Å²) in [5.74, 6) is 0.0965. The highest BCUT2D eigenvalue weighted by molar-refractivity contribution is 6.30. The van der Waals surface area contributed by atoms with Gasteiger partial charge in [0.15, 0.2) is 0 Å². The average molecular weight is 362 g/mol. The van der Waals surface area contributed by atoms with Crippen molar-refractivity contribution in [3.05, 3.63) is 51.7 Å². The molecule has 0 aliphatic carbocycles. The van der Waals surface area contributed by atoms with Gasteiger partial charge in [0.05, 0.1) is 0 Å². The van der Waals surface area contributed by atoms with E-state index in [2.05, 4.69) is 26.0 Å². The van der Waals surface area contributed by atoms with Crippen molar-refractivity contribution in [2.45, 2.75) is 26.2 Å². The Balaban J connectivity index is 1.98. The van der Waals surface area contributed by atoms with E-state index in [1.165, 1.54) is 10.8 Å². The molecule has 2 aromatic heterocycles. The highest BCUT2D eigenvalue weighted by Crippen LogP contribution is 2.16. The molecular weight excluding hydrogens is 346 g/mol. The molecule has 0 spiro atoms. The van der Waals surface area contributed by atoms with Crippen LogP contribution in [-0.4, -0.2) is 30.5 Å². The number of carbonyl (C=O) groups is 1. The second-order valence-corrected chi connectivity index (χ2v) is 6.83. The highest BCUT2D eigenvalue weighted by atomic mass is 35.5. The van der Waals surface area contributed by atoms with Crippen molar-refractivity contribution in [3.63, 3.8) is 0 Å². The fourth-order valence-corrected chi connectivity index (χ4v) is 2.38. The molecule has 2 amide bonds. The van der Waals surface area contributed by atoms with Gasteiger partial charge in [-0.15, -0.1) is 10.2 Å². The minimum absolute atomic E-state index is 0.0965. The van der Waals surface area contributed by atoms with Gasteiger partial charge in [-0.2, -0.15) is 14.3 Å². The second kappa shape index (κ2) is 6.17. The Morgan fingerprint density at radius 3 is 2.72 bits per heavy atom. The molecule has 0 atom stereocenters. The van der Waals surface area contributed by atoms with E-state index < -0.39 is 17.0 Å². The summed E-state index contributed by atoms with van der Waals surface area (Å²) in [7, 11) is 0. The van der Waals surface area contributed by atoms with Crippen LogP contribution in [0.2, 0.25) is 5.02 Å². The van der Waals surface area contributed by atoms with Crippen molar-refractivity contribution in [3.8, 4) is 0 Å². The molecule has 0 unspecified atom stereocenters. The largest absolute Gasteiger partial charge is 0.338 e. The van der Waals surface area contributed by atoms with Crippen LogP contribution in [0.1, 0.15) is 26.5 Å². The van der Waals surface area contributed by atoms with Crippen molar-refractivity contribution >= 4 is 29.1 Å². The van der Waals surface area contributed by atoms with Crippen LogP contribution >= 0.6 is 11.6 Å². The van der Waals surface area contributed by atoms with Gasteiger partial charge in [0, 0.05) is 16.1 Å². The molecule has 0 saturated carbocycles. The topological polar surface area (TPSA) is 106 Å². The molecule has 1 aromatic carbocycles. The van der Waals surface area contributed by atoms with Gasteiger partial charge in [0.1, 0.15) is 12.0 Å². The van der Waals surface area contributed by atoms with Crippen molar-refractivity contribution < 1.29 is 4.79 Å². The van der Waals surface area contributed by atoms with Gasteiger partial charge < -0.3 is 5.32 Å². The Bertz CT molecular complexity index is 1000. The zero-order valence-electron chi connectivity index (χ0n) is 13.8. The van der Waals surface area contributed by atoms with Gasteiger partial charge in [0.25, 0.3) is 11.3 Å². The Morgan fingerprint density at radius 2 is 2.04 bits per heavy atom. The number of amides is 2. The number of hydrogen-bond acceptors (Lipinski definition) is 5. The Morgan fingerprint density at radius 1 is 1.28 bits per heavy atom. The lowest BCUT2D eigenvalue weighted by Gasteiger charge is -2.18. The maximum Gasteiger partial charge on any atom is 0.338 e. The number of fused-ring (bicyclic) bond motifs is 1. The summed E-state index contributed by atoms with van der Waals surface area (Å²) in [5.41, 5.74) is 2.22. The summed E-state index contributed by atoms with van der Waals surface area (Å²) in [4.78, 5) is 25.0. The number of anilines is 1. The summed E-state index contributed by atoms with van der Waals surface area (Å²) >= 11 is 5.89. The molecule has 9 nitrogen and oxygen atoms in total.